The first-order valence-corrected chi connectivity index (χ1v) is 9.71. The summed E-state index contributed by atoms with van der Waals surface area (Å²) in [6, 6.07) is 4.53. The molecule has 0 amide bonds. The average molecular weight is 397 g/mol. The predicted octanol–water partition coefficient (Wildman–Crippen LogP) is 3.73. The van der Waals surface area contributed by atoms with Crippen LogP contribution in [0, 0.1) is 0 Å². The molecule has 0 aromatic heterocycles. The molecule has 4 nitrogen and oxygen atoms in total. The summed E-state index contributed by atoms with van der Waals surface area (Å²) in [5.74, 6) is 0. The third-order valence-corrected chi connectivity index (χ3v) is 6.17. The number of nitrogens with one attached hydrogen (secondary N) is 1. The van der Waals surface area contributed by atoms with Crippen LogP contribution in [0.4, 0.5) is 0 Å². The van der Waals surface area contributed by atoms with Gasteiger partial charge in [0.25, 0.3) is 0 Å². The molecule has 1 aromatic carbocycles. The van der Waals surface area contributed by atoms with E-state index in [1.54, 1.807) is 6.07 Å². The highest BCUT2D eigenvalue weighted by Crippen LogP contribution is 2.25. The third-order valence-electron chi connectivity index (χ3n) is 3.50. The average Bonchev–Trinajstić information content (AvgIpc) is 2.47. The van der Waals surface area contributed by atoms with Crippen molar-refractivity contribution in [2.45, 2.75) is 43.1 Å². The van der Waals surface area contributed by atoms with Crippen molar-refractivity contribution in [3.05, 3.63) is 27.7 Å². The maximum atomic E-state index is 12.1. The highest BCUT2D eigenvalue weighted by atomic mass is 79.9. The highest BCUT2D eigenvalue weighted by molar-refractivity contribution is 9.10. The molecule has 118 valence electrons. The SMILES string of the molecule is O=S(=O)(NCCOC1CCCCC1)c1ccc(Cl)c(Br)c1. The van der Waals surface area contributed by atoms with Crippen LogP contribution in [0.1, 0.15) is 32.1 Å². The number of hydrogen-bond donors (Lipinski definition) is 1. The fraction of sp³-hybridized carbons (Fsp3) is 0.571. The first kappa shape index (κ1) is 17.2. The van der Waals surface area contributed by atoms with E-state index in [-0.39, 0.29) is 17.5 Å². The Morgan fingerprint density at radius 2 is 2.00 bits per heavy atom. The Morgan fingerprint density at radius 3 is 2.67 bits per heavy atom. The topological polar surface area (TPSA) is 55.4 Å². The summed E-state index contributed by atoms with van der Waals surface area (Å²) >= 11 is 9.09. The van der Waals surface area contributed by atoms with E-state index in [1.807, 2.05) is 0 Å². The molecule has 0 heterocycles. The van der Waals surface area contributed by atoms with Gasteiger partial charge in [-0.05, 0) is 47.0 Å². The van der Waals surface area contributed by atoms with Crippen LogP contribution in [0.25, 0.3) is 0 Å². The number of sulfonamides is 1. The van der Waals surface area contributed by atoms with Gasteiger partial charge in [0.15, 0.2) is 0 Å². The molecule has 0 spiro atoms. The highest BCUT2D eigenvalue weighted by Gasteiger charge is 2.16. The van der Waals surface area contributed by atoms with Crippen LogP contribution in [-0.4, -0.2) is 27.7 Å². The summed E-state index contributed by atoms with van der Waals surface area (Å²) in [6.07, 6.45) is 6.13. The Balaban J connectivity index is 1.82. The normalized spacial score (nSPS) is 17.0. The summed E-state index contributed by atoms with van der Waals surface area (Å²) in [5.41, 5.74) is 0. The molecule has 1 aliphatic rings. The van der Waals surface area contributed by atoms with Crippen molar-refractivity contribution in [3.8, 4) is 0 Å². The van der Waals surface area contributed by atoms with Crippen molar-refractivity contribution in [2.24, 2.45) is 0 Å². The molecule has 0 bridgehead atoms. The second kappa shape index (κ2) is 7.92. The molecule has 1 aliphatic carbocycles. The van der Waals surface area contributed by atoms with Crippen LogP contribution in [0.5, 0.6) is 0 Å². The molecule has 0 radical (unpaired) electrons. The molecule has 0 unspecified atom stereocenters. The minimum absolute atomic E-state index is 0.191. The minimum Gasteiger partial charge on any atom is -0.377 e. The van der Waals surface area contributed by atoms with Crippen molar-refractivity contribution < 1.29 is 13.2 Å². The molecule has 0 atom stereocenters. The molecule has 21 heavy (non-hydrogen) atoms. The Bertz CT molecular complexity index is 574. The Kier molecular flexibility index (Phi) is 6.50. The molecule has 0 aliphatic heterocycles. The van der Waals surface area contributed by atoms with Crippen LogP contribution in [0.15, 0.2) is 27.6 Å². The molecule has 1 fully saturated rings. The van der Waals surface area contributed by atoms with Gasteiger partial charge in [0.1, 0.15) is 0 Å². The first-order chi connectivity index (χ1) is 9.99. The summed E-state index contributed by atoms with van der Waals surface area (Å²) in [7, 11) is -3.52. The zero-order valence-electron chi connectivity index (χ0n) is 11.6. The first-order valence-electron chi connectivity index (χ1n) is 7.05. The van der Waals surface area contributed by atoms with Crippen molar-refractivity contribution in [2.75, 3.05) is 13.2 Å². The van der Waals surface area contributed by atoms with Crippen LogP contribution in [0.3, 0.4) is 0 Å². The zero-order valence-corrected chi connectivity index (χ0v) is 14.8. The largest absolute Gasteiger partial charge is 0.377 e. The van der Waals surface area contributed by atoms with E-state index in [9.17, 15) is 8.42 Å². The maximum Gasteiger partial charge on any atom is 0.240 e. The van der Waals surface area contributed by atoms with E-state index in [4.69, 9.17) is 16.3 Å². The second-order valence-electron chi connectivity index (χ2n) is 5.10. The molecular weight excluding hydrogens is 378 g/mol. The number of benzene rings is 1. The van der Waals surface area contributed by atoms with E-state index >= 15 is 0 Å². The van der Waals surface area contributed by atoms with Crippen LogP contribution in [0.2, 0.25) is 5.02 Å². The van der Waals surface area contributed by atoms with Crippen LogP contribution in [-0.2, 0) is 14.8 Å². The van der Waals surface area contributed by atoms with E-state index in [0.29, 0.717) is 16.1 Å². The van der Waals surface area contributed by atoms with Crippen LogP contribution < -0.4 is 4.72 Å². The summed E-state index contributed by atoms with van der Waals surface area (Å²) in [5, 5.41) is 0.481. The van der Waals surface area contributed by atoms with Gasteiger partial charge in [-0.2, -0.15) is 0 Å². The molecule has 1 aromatic rings. The zero-order chi connectivity index (χ0) is 15.3. The molecule has 2 rings (SSSR count). The lowest BCUT2D eigenvalue weighted by Crippen LogP contribution is -2.29. The Hall–Kier alpha value is -0.140. The molecule has 1 saturated carbocycles. The molecule has 1 N–H and O–H groups in total. The summed E-state index contributed by atoms with van der Waals surface area (Å²) in [6.45, 7) is 0.678. The molecule has 7 heteroatoms. The van der Waals surface area contributed by atoms with Gasteiger partial charge in [0, 0.05) is 11.0 Å². The maximum absolute atomic E-state index is 12.1. The molecular formula is C14H19BrClNO3S. The van der Waals surface area contributed by atoms with Crippen LogP contribution >= 0.6 is 27.5 Å². The van der Waals surface area contributed by atoms with E-state index in [1.165, 1.54) is 31.4 Å². The molecule has 0 saturated heterocycles. The smallest absolute Gasteiger partial charge is 0.240 e. The standard InChI is InChI=1S/C14H19BrClNO3S/c15-13-10-12(6-7-14(13)16)21(18,19)17-8-9-20-11-4-2-1-3-5-11/h6-7,10-11,17H,1-5,8-9H2. The summed E-state index contributed by atoms with van der Waals surface area (Å²) in [4.78, 5) is 0.191. The summed E-state index contributed by atoms with van der Waals surface area (Å²) < 4.78 is 33.0. The van der Waals surface area contributed by atoms with Crippen molar-refractivity contribution in [1.29, 1.82) is 0 Å². The van der Waals surface area contributed by atoms with Gasteiger partial charge in [-0.3, -0.25) is 0 Å². The number of halogens is 2. The van der Waals surface area contributed by atoms with Gasteiger partial charge >= 0.3 is 0 Å². The van der Waals surface area contributed by atoms with Crippen molar-refractivity contribution >= 4 is 37.6 Å². The lowest BCUT2D eigenvalue weighted by Gasteiger charge is -2.22. The van der Waals surface area contributed by atoms with Crippen molar-refractivity contribution in [1.82, 2.24) is 4.72 Å². The number of hydrogen-bond acceptors (Lipinski definition) is 3. The lowest BCUT2D eigenvalue weighted by atomic mass is 9.98. The van der Waals surface area contributed by atoms with Crippen molar-refractivity contribution in [3.63, 3.8) is 0 Å². The fourth-order valence-corrected chi connectivity index (χ4v) is 4.05. The van der Waals surface area contributed by atoms with Gasteiger partial charge in [0.2, 0.25) is 10.0 Å². The van der Waals surface area contributed by atoms with E-state index in [0.717, 1.165) is 12.8 Å². The van der Waals surface area contributed by atoms with Gasteiger partial charge < -0.3 is 4.74 Å². The third kappa shape index (κ3) is 5.21. The Morgan fingerprint density at radius 1 is 1.29 bits per heavy atom. The monoisotopic (exact) mass is 395 g/mol. The minimum atomic E-state index is -3.52. The van der Waals surface area contributed by atoms with Gasteiger partial charge in [-0.25, -0.2) is 13.1 Å². The lowest BCUT2D eigenvalue weighted by molar-refractivity contribution is 0.0321. The number of rotatable bonds is 6. The van der Waals surface area contributed by atoms with Gasteiger partial charge in [-0.15, -0.1) is 0 Å². The van der Waals surface area contributed by atoms with E-state index < -0.39 is 10.0 Å². The number of ether oxygens (including phenoxy) is 1. The quantitative estimate of drug-likeness (QED) is 0.745. The van der Waals surface area contributed by atoms with Gasteiger partial charge in [-0.1, -0.05) is 30.9 Å². The fourth-order valence-electron chi connectivity index (χ4n) is 2.36. The Labute approximate surface area is 139 Å². The second-order valence-corrected chi connectivity index (χ2v) is 8.13. The van der Waals surface area contributed by atoms with E-state index in [2.05, 4.69) is 20.7 Å². The van der Waals surface area contributed by atoms with Gasteiger partial charge in [0.05, 0.1) is 22.6 Å². The predicted molar refractivity (Wildman–Crippen MR) is 87.2 cm³/mol.